The van der Waals surface area contributed by atoms with E-state index < -0.39 is 10.8 Å². The van der Waals surface area contributed by atoms with Gasteiger partial charge in [-0.05, 0) is 59.1 Å². The molecule has 0 unspecified atom stereocenters. The maximum Gasteiger partial charge on any atom is 0.273 e. The number of anilines is 1. The molecule has 0 spiro atoms. The Morgan fingerprint density at radius 3 is 2.68 bits per heavy atom. The second-order valence-electron chi connectivity index (χ2n) is 4.67. The van der Waals surface area contributed by atoms with Gasteiger partial charge >= 0.3 is 0 Å². The smallest absolute Gasteiger partial charge is 0.273 e. The van der Waals surface area contributed by atoms with Crippen molar-refractivity contribution in [1.82, 2.24) is 5.32 Å². The molecule has 0 saturated heterocycles. The first-order valence-corrected chi connectivity index (χ1v) is 8.58. The first-order chi connectivity index (χ1) is 11.8. The number of halogens is 2. The van der Waals surface area contributed by atoms with Crippen molar-refractivity contribution in [3.63, 3.8) is 0 Å². The average molecular weight is 492 g/mol. The van der Waals surface area contributed by atoms with Crippen LogP contribution in [0.5, 0.6) is 5.75 Å². The number of carbonyl (C=O) groups excluding carboxylic acids is 1. The highest BCUT2D eigenvalue weighted by Crippen LogP contribution is 2.29. The molecule has 7 nitrogen and oxygen atoms in total. The minimum atomic E-state index is -0.536. The van der Waals surface area contributed by atoms with Gasteiger partial charge in [0.25, 0.3) is 11.6 Å². The Morgan fingerprint density at radius 1 is 1.32 bits per heavy atom. The van der Waals surface area contributed by atoms with E-state index >= 15 is 0 Å². The van der Waals surface area contributed by atoms with Crippen LogP contribution in [-0.2, 0) is 0 Å². The quantitative estimate of drug-likeness (QED) is 0.291. The molecule has 0 saturated carbocycles. The predicted molar refractivity (Wildman–Crippen MR) is 108 cm³/mol. The first kappa shape index (κ1) is 19.3. The summed E-state index contributed by atoms with van der Waals surface area (Å²) in [5.41, 5.74) is 0.545. The van der Waals surface area contributed by atoms with Gasteiger partial charge in [-0.2, -0.15) is 0 Å². The molecule has 10 heteroatoms. The normalized spacial score (nSPS) is 10.0. The van der Waals surface area contributed by atoms with Crippen molar-refractivity contribution in [2.75, 3.05) is 12.4 Å². The molecule has 25 heavy (non-hydrogen) atoms. The van der Waals surface area contributed by atoms with Crippen LogP contribution in [-0.4, -0.2) is 23.1 Å². The fourth-order valence-electron chi connectivity index (χ4n) is 1.89. The Hall–Kier alpha value is -1.98. The number of nitrogens with one attached hydrogen (secondary N) is 2. The number of ether oxygens (including phenoxy) is 1. The second-order valence-corrected chi connectivity index (χ2v) is 6.74. The topological polar surface area (TPSA) is 93.5 Å². The minimum Gasteiger partial charge on any atom is -0.494 e. The average Bonchev–Trinajstić information content (AvgIpc) is 2.56. The maximum absolute atomic E-state index is 12.3. The lowest BCUT2D eigenvalue weighted by molar-refractivity contribution is -0.384. The summed E-state index contributed by atoms with van der Waals surface area (Å²) in [6.07, 6.45) is 0. The first-order valence-electron chi connectivity index (χ1n) is 6.71. The van der Waals surface area contributed by atoms with E-state index in [4.69, 9.17) is 28.6 Å². The number of carbonyl (C=O) groups is 1. The van der Waals surface area contributed by atoms with Crippen molar-refractivity contribution in [2.24, 2.45) is 0 Å². The molecule has 0 fully saturated rings. The van der Waals surface area contributed by atoms with Crippen molar-refractivity contribution < 1.29 is 14.5 Å². The largest absolute Gasteiger partial charge is 0.494 e. The summed E-state index contributed by atoms with van der Waals surface area (Å²) in [6.45, 7) is 0. The summed E-state index contributed by atoms with van der Waals surface area (Å²) in [4.78, 5) is 22.5. The second kappa shape index (κ2) is 8.41. The van der Waals surface area contributed by atoms with Gasteiger partial charge in [0.1, 0.15) is 5.75 Å². The molecule has 1 amide bonds. The Morgan fingerprint density at radius 2 is 2.04 bits per heavy atom. The van der Waals surface area contributed by atoms with E-state index in [0.29, 0.717) is 10.7 Å². The highest BCUT2D eigenvalue weighted by Gasteiger charge is 2.15. The van der Waals surface area contributed by atoms with Crippen LogP contribution in [0.1, 0.15) is 10.4 Å². The summed E-state index contributed by atoms with van der Waals surface area (Å²) in [5.74, 6) is -0.250. The van der Waals surface area contributed by atoms with E-state index in [1.54, 1.807) is 18.2 Å². The van der Waals surface area contributed by atoms with Gasteiger partial charge in [0, 0.05) is 9.64 Å². The number of non-ortho nitro benzene ring substituents is 1. The molecule has 0 heterocycles. The molecule has 2 rings (SSSR count). The third-order valence-corrected chi connectivity index (χ3v) is 4.25. The fraction of sp³-hybridized carbons (Fsp3) is 0.0667. The molecule has 0 aliphatic rings. The lowest BCUT2D eigenvalue weighted by atomic mass is 10.2. The van der Waals surface area contributed by atoms with E-state index in [9.17, 15) is 14.9 Å². The summed E-state index contributed by atoms with van der Waals surface area (Å²) in [5, 5.41) is 16.4. The van der Waals surface area contributed by atoms with Crippen molar-refractivity contribution in [2.45, 2.75) is 0 Å². The standard InChI is InChI=1S/C15H11ClIN3O4S/c1-24-13-7-9(20(22)23)3-5-12(13)18-15(25)19-14(21)10-6-8(17)2-4-11(10)16/h2-7H,1H3,(H2,18,19,21,25). The molecule has 0 bridgehead atoms. The summed E-state index contributed by atoms with van der Waals surface area (Å²) in [7, 11) is 1.37. The zero-order valence-electron chi connectivity index (χ0n) is 12.7. The molecule has 2 aromatic rings. The number of nitro benzene ring substituents is 1. The third-order valence-electron chi connectivity index (χ3n) is 3.04. The number of nitrogens with zero attached hydrogens (tertiary/aromatic N) is 1. The predicted octanol–water partition coefficient (Wildman–Crippen LogP) is 3.99. The molecule has 0 aliphatic carbocycles. The van der Waals surface area contributed by atoms with Crippen LogP contribution in [0.25, 0.3) is 0 Å². The van der Waals surface area contributed by atoms with E-state index in [1.807, 2.05) is 0 Å². The summed E-state index contributed by atoms with van der Waals surface area (Å²) >= 11 is 13.2. The molecule has 130 valence electrons. The number of hydrogen-bond donors (Lipinski definition) is 2. The van der Waals surface area contributed by atoms with E-state index in [0.717, 1.165) is 3.57 Å². The fourth-order valence-corrected chi connectivity index (χ4v) is 2.79. The number of rotatable bonds is 4. The maximum atomic E-state index is 12.3. The highest BCUT2D eigenvalue weighted by molar-refractivity contribution is 14.1. The van der Waals surface area contributed by atoms with Gasteiger partial charge < -0.3 is 10.1 Å². The van der Waals surface area contributed by atoms with Crippen LogP contribution < -0.4 is 15.4 Å². The number of benzene rings is 2. The molecule has 0 aliphatic heterocycles. The summed E-state index contributed by atoms with van der Waals surface area (Å²) < 4.78 is 5.95. The van der Waals surface area contributed by atoms with Crippen LogP contribution in [0.2, 0.25) is 5.02 Å². The molecule has 0 radical (unpaired) electrons. The van der Waals surface area contributed by atoms with Crippen molar-refractivity contribution in [3.05, 3.63) is 60.7 Å². The zero-order valence-corrected chi connectivity index (χ0v) is 16.4. The van der Waals surface area contributed by atoms with E-state index in [-0.39, 0.29) is 22.1 Å². The molecular weight excluding hydrogens is 481 g/mol. The Kier molecular flexibility index (Phi) is 6.51. The van der Waals surface area contributed by atoms with Gasteiger partial charge in [0.05, 0.1) is 34.4 Å². The van der Waals surface area contributed by atoms with Crippen LogP contribution in [0, 0.1) is 13.7 Å². The van der Waals surface area contributed by atoms with Crippen molar-refractivity contribution in [1.29, 1.82) is 0 Å². The molecule has 0 atom stereocenters. The van der Waals surface area contributed by atoms with Crippen LogP contribution in [0.3, 0.4) is 0 Å². The number of hydrogen-bond acceptors (Lipinski definition) is 5. The Labute approximate surface area is 167 Å². The van der Waals surface area contributed by atoms with Crippen LogP contribution in [0.4, 0.5) is 11.4 Å². The van der Waals surface area contributed by atoms with Crippen LogP contribution >= 0.6 is 46.4 Å². The monoisotopic (exact) mass is 491 g/mol. The van der Waals surface area contributed by atoms with Gasteiger partial charge in [-0.1, -0.05) is 11.6 Å². The molecule has 0 aromatic heterocycles. The van der Waals surface area contributed by atoms with E-state index in [2.05, 4.69) is 33.2 Å². The highest BCUT2D eigenvalue weighted by atomic mass is 127. The van der Waals surface area contributed by atoms with Gasteiger partial charge in [-0.25, -0.2) is 0 Å². The number of methoxy groups -OCH3 is 1. The summed E-state index contributed by atoms with van der Waals surface area (Å²) in [6, 6.07) is 9.02. The third kappa shape index (κ3) is 5.00. The number of thiocarbonyl (C=S) groups is 1. The Balaban J connectivity index is 2.13. The molecule has 2 aromatic carbocycles. The molecule has 2 N–H and O–H groups in total. The minimum absolute atomic E-state index is 0.00656. The molecular formula is C15H11ClIN3O4S. The van der Waals surface area contributed by atoms with Crippen molar-refractivity contribution >= 4 is 68.8 Å². The lowest BCUT2D eigenvalue weighted by Gasteiger charge is -2.13. The van der Waals surface area contributed by atoms with E-state index in [1.165, 1.54) is 25.3 Å². The van der Waals surface area contributed by atoms with Crippen LogP contribution in [0.15, 0.2) is 36.4 Å². The van der Waals surface area contributed by atoms with Gasteiger partial charge in [0.2, 0.25) is 0 Å². The lowest BCUT2D eigenvalue weighted by Crippen LogP contribution is -2.34. The number of amides is 1. The zero-order chi connectivity index (χ0) is 18.6. The van der Waals surface area contributed by atoms with Gasteiger partial charge in [-0.3, -0.25) is 20.2 Å². The van der Waals surface area contributed by atoms with Crippen molar-refractivity contribution in [3.8, 4) is 5.75 Å². The SMILES string of the molecule is COc1cc([N+](=O)[O-])ccc1NC(=S)NC(=O)c1cc(I)ccc1Cl. The van der Waals surface area contributed by atoms with Gasteiger partial charge in [0.15, 0.2) is 5.11 Å². The van der Waals surface area contributed by atoms with Gasteiger partial charge in [-0.15, -0.1) is 0 Å². The Bertz CT molecular complexity index is 863. The number of nitro groups is 1.